The lowest BCUT2D eigenvalue weighted by molar-refractivity contribution is -0.159. The summed E-state index contributed by atoms with van der Waals surface area (Å²) in [5.74, 6) is -1.49. The number of carbonyl (C=O) groups is 2. The van der Waals surface area contributed by atoms with E-state index in [1.165, 1.54) is 0 Å². The molecular weight excluding hydrogens is 232 g/mol. The van der Waals surface area contributed by atoms with Crippen LogP contribution in [0.25, 0.3) is 0 Å². The zero-order valence-electron chi connectivity index (χ0n) is 9.79. The first kappa shape index (κ1) is 13.9. The quantitative estimate of drug-likeness (QED) is 0.780. The van der Waals surface area contributed by atoms with E-state index in [4.69, 9.17) is 5.11 Å². The van der Waals surface area contributed by atoms with Gasteiger partial charge in [0.25, 0.3) is 6.43 Å². The zero-order valence-corrected chi connectivity index (χ0v) is 9.79. The second-order valence-corrected chi connectivity index (χ2v) is 4.44. The summed E-state index contributed by atoms with van der Waals surface area (Å²) < 4.78 is 24.4. The van der Waals surface area contributed by atoms with Gasteiger partial charge in [-0.25, -0.2) is 8.78 Å². The SMILES string of the molecule is CCN(CC(F)F)C(=O)CC1(C(=O)O)CCC1. The van der Waals surface area contributed by atoms with E-state index in [-0.39, 0.29) is 13.0 Å². The lowest BCUT2D eigenvalue weighted by Gasteiger charge is -2.38. The summed E-state index contributed by atoms with van der Waals surface area (Å²) in [6.45, 7) is 1.17. The number of aliphatic carboxylic acids is 1. The fraction of sp³-hybridized carbons (Fsp3) is 0.818. The Labute approximate surface area is 98.6 Å². The largest absolute Gasteiger partial charge is 0.481 e. The summed E-state index contributed by atoms with van der Waals surface area (Å²) in [5.41, 5.74) is -1.01. The van der Waals surface area contributed by atoms with Gasteiger partial charge in [0.1, 0.15) is 0 Å². The normalized spacial score (nSPS) is 17.6. The molecule has 0 heterocycles. The van der Waals surface area contributed by atoms with Crippen LogP contribution in [0.4, 0.5) is 8.78 Å². The highest BCUT2D eigenvalue weighted by Crippen LogP contribution is 2.44. The van der Waals surface area contributed by atoms with Crippen molar-refractivity contribution in [3.8, 4) is 0 Å². The average Bonchev–Trinajstić information content (AvgIpc) is 2.18. The van der Waals surface area contributed by atoms with Gasteiger partial charge < -0.3 is 10.0 Å². The summed E-state index contributed by atoms with van der Waals surface area (Å²) in [6.07, 6.45) is -1.05. The lowest BCUT2D eigenvalue weighted by atomic mass is 9.66. The molecule has 0 spiro atoms. The molecule has 6 heteroatoms. The van der Waals surface area contributed by atoms with E-state index in [2.05, 4.69) is 0 Å². The summed E-state index contributed by atoms with van der Waals surface area (Å²) in [7, 11) is 0. The maximum absolute atomic E-state index is 12.2. The molecule has 0 aromatic heterocycles. The fourth-order valence-electron chi connectivity index (χ4n) is 2.04. The van der Waals surface area contributed by atoms with Crippen LogP contribution in [0.1, 0.15) is 32.6 Å². The molecular formula is C11H17F2NO3. The molecule has 1 aliphatic rings. The Morgan fingerprint density at radius 1 is 1.41 bits per heavy atom. The third-order valence-corrected chi connectivity index (χ3v) is 3.35. The van der Waals surface area contributed by atoms with Gasteiger partial charge in [0.15, 0.2) is 0 Å². The first-order valence-corrected chi connectivity index (χ1v) is 5.70. The zero-order chi connectivity index (χ0) is 13.1. The Kier molecular flexibility index (Phi) is 4.42. The number of alkyl halides is 2. The van der Waals surface area contributed by atoms with Gasteiger partial charge in [-0.1, -0.05) is 6.42 Å². The minimum atomic E-state index is -2.58. The lowest BCUT2D eigenvalue weighted by Crippen LogP contribution is -2.44. The molecule has 0 saturated heterocycles. The number of amides is 1. The smallest absolute Gasteiger partial charge is 0.310 e. The van der Waals surface area contributed by atoms with Gasteiger partial charge in [-0.2, -0.15) is 0 Å². The van der Waals surface area contributed by atoms with Crippen molar-refractivity contribution in [2.75, 3.05) is 13.1 Å². The van der Waals surface area contributed by atoms with Gasteiger partial charge >= 0.3 is 5.97 Å². The van der Waals surface area contributed by atoms with Crippen LogP contribution < -0.4 is 0 Å². The van der Waals surface area contributed by atoms with Crippen LogP contribution in [0.5, 0.6) is 0 Å². The topological polar surface area (TPSA) is 57.6 Å². The van der Waals surface area contributed by atoms with Gasteiger partial charge in [-0.15, -0.1) is 0 Å². The van der Waals surface area contributed by atoms with Crippen molar-refractivity contribution in [2.24, 2.45) is 5.41 Å². The molecule has 17 heavy (non-hydrogen) atoms. The molecule has 0 radical (unpaired) electrons. The predicted molar refractivity (Wildman–Crippen MR) is 56.8 cm³/mol. The van der Waals surface area contributed by atoms with Crippen LogP contribution in [0.2, 0.25) is 0 Å². The monoisotopic (exact) mass is 249 g/mol. The molecule has 0 aromatic carbocycles. The minimum Gasteiger partial charge on any atom is -0.481 e. The van der Waals surface area contributed by atoms with E-state index in [1.807, 2.05) is 0 Å². The molecule has 4 nitrogen and oxygen atoms in total. The fourth-order valence-corrected chi connectivity index (χ4v) is 2.04. The van der Waals surface area contributed by atoms with E-state index in [0.717, 1.165) is 11.3 Å². The molecule has 1 fully saturated rings. The highest BCUT2D eigenvalue weighted by molar-refractivity contribution is 5.85. The average molecular weight is 249 g/mol. The summed E-state index contributed by atoms with van der Waals surface area (Å²) >= 11 is 0. The van der Waals surface area contributed by atoms with E-state index >= 15 is 0 Å². The van der Waals surface area contributed by atoms with E-state index < -0.39 is 30.3 Å². The van der Waals surface area contributed by atoms with Gasteiger partial charge in [-0.3, -0.25) is 9.59 Å². The van der Waals surface area contributed by atoms with E-state index in [1.54, 1.807) is 6.92 Å². The van der Waals surface area contributed by atoms with Gasteiger partial charge in [0, 0.05) is 13.0 Å². The van der Waals surface area contributed by atoms with Crippen molar-refractivity contribution in [3.05, 3.63) is 0 Å². The molecule has 1 amide bonds. The van der Waals surface area contributed by atoms with E-state index in [0.29, 0.717) is 12.8 Å². The molecule has 0 bridgehead atoms. The standard InChI is InChI=1S/C11H17F2NO3/c1-2-14(7-8(12)13)9(15)6-11(10(16)17)4-3-5-11/h8H,2-7H2,1H3,(H,16,17). The molecule has 1 rings (SSSR count). The predicted octanol–water partition coefficient (Wildman–Crippen LogP) is 1.75. The van der Waals surface area contributed by atoms with Crippen LogP contribution in [0, 0.1) is 5.41 Å². The highest BCUT2D eigenvalue weighted by Gasteiger charge is 2.46. The van der Waals surface area contributed by atoms with Crippen molar-refractivity contribution < 1.29 is 23.5 Å². The Morgan fingerprint density at radius 3 is 2.29 bits per heavy atom. The second-order valence-electron chi connectivity index (χ2n) is 4.44. The Balaban J connectivity index is 2.60. The second kappa shape index (κ2) is 5.42. The molecule has 1 N–H and O–H groups in total. The first-order valence-electron chi connectivity index (χ1n) is 5.70. The van der Waals surface area contributed by atoms with Crippen molar-refractivity contribution in [1.82, 2.24) is 4.90 Å². The number of carboxylic acids is 1. The maximum atomic E-state index is 12.2. The van der Waals surface area contributed by atoms with Crippen LogP contribution >= 0.6 is 0 Å². The number of rotatable bonds is 6. The van der Waals surface area contributed by atoms with Gasteiger partial charge in [0.05, 0.1) is 12.0 Å². The maximum Gasteiger partial charge on any atom is 0.310 e. The molecule has 0 unspecified atom stereocenters. The molecule has 1 aliphatic carbocycles. The summed E-state index contributed by atoms with van der Waals surface area (Å²) in [4.78, 5) is 23.8. The summed E-state index contributed by atoms with van der Waals surface area (Å²) in [6, 6.07) is 0. The van der Waals surface area contributed by atoms with Gasteiger partial charge in [-0.05, 0) is 19.8 Å². The number of hydrogen-bond acceptors (Lipinski definition) is 2. The number of carboxylic acid groups (broad SMARTS) is 1. The van der Waals surface area contributed by atoms with Crippen molar-refractivity contribution in [1.29, 1.82) is 0 Å². The first-order chi connectivity index (χ1) is 7.91. The van der Waals surface area contributed by atoms with Crippen LogP contribution in [0.15, 0.2) is 0 Å². The minimum absolute atomic E-state index is 0.164. The Hall–Kier alpha value is -1.20. The number of nitrogens with zero attached hydrogens (tertiary/aromatic N) is 1. The van der Waals surface area contributed by atoms with Crippen LogP contribution in [-0.4, -0.2) is 41.4 Å². The molecule has 1 saturated carbocycles. The highest BCUT2D eigenvalue weighted by atomic mass is 19.3. The van der Waals surface area contributed by atoms with Crippen molar-refractivity contribution >= 4 is 11.9 Å². The van der Waals surface area contributed by atoms with E-state index in [9.17, 15) is 18.4 Å². The molecule has 98 valence electrons. The molecule has 0 atom stereocenters. The molecule has 0 aliphatic heterocycles. The Bertz CT molecular complexity index is 303. The van der Waals surface area contributed by atoms with Crippen molar-refractivity contribution in [2.45, 2.75) is 39.0 Å². The number of hydrogen-bond donors (Lipinski definition) is 1. The van der Waals surface area contributed by atoms with Crippen LogP contribution in [-0.2, 0) is 9.59 Å². The number of carbonyl (C=O) groups excluding carboxylic acids is 1. The van der Waals surface area contributed by atoms with Crippen molar-refractivity contribution in [3.63, 3.8) is 0 Å². The summed E-state index contributed by atoms with van der Waals surface area (Å²) in [5, 5.41) is 9.05. The van der Waals surface area contributed by atoms with Gasteiger partial charge in [0.2, 0.25) is 5.91 Å². The third kappa shape index (κ3) is 3.14. The Morgan fingerprint density at radius 2 is 2.00 bits per heavy atom. The van der Waals surface area contributed by atoms with Crippen LogP contribution in [0.3, 0.4) is 0 Å². The number of halogens is 2. The molecule has 0 aromatic rings. The third-order valence-electron chi connectivity index (χ3n) is 3.35.